The smallest absolute Gasteiger partial charge is 0.258 e. The molecule has 0 unspecified atom stereocenters. The summed E-state index contributed by atoms with van der Waals surface area (Å²) in [6.07, 6.45) is 0. The molecule has 0 amide bonds. The van der Waals surface area contributed by atoms with Crippen molar-refractivity contribution in [3.05, 3.63) is 50.6 Å². The third-order valence-electron chi connectivity index (χ3n) is 2.52. The highest BCUT2D eigenvalue weighted by atomic mass is 32.2. The Bertz CT molecular complexity index is 753. The second-order valence-electron chi connectivity index (χ2n) is 5.56. The van der Waals surface area contributed by atoms with Crippen molar-refractivity contribution in [2.45, 2.75) is 38.8 Å². The minimum atomic E-state index is -0.634. The van der Waals surface area contributed by atoms with Gasteiger partial charge in [0.15, 0.2) is 0 Å². The van der Waals surface area contributed by atoms with Crippen LogP contribution in [0.15, 0.2) is 43.6 Å². The number of rotatable bonds is 5. The second-order valence-corrected chi connectivity index (χ2v) is 10.1. The lowest BCUT2D eigenvalue weighted by Crippen LogP contribution is -2.05. The van der Waals surface area contributed by atoms with Crippen LogP contribution >= 0.6 is 34.9 Å². The zero-order chi connectivity index (χ0) is 17.2. The van der Waals surface area contributed by atoms with Crippen LogP contribution in [0.4, 0.5) is 11.4 Å². The van der Waals surface area contributed by atoms with Gasteiger partial charge in [0.05, 0.1) is 29.2 Å². The SMILES string of the molecule is CC(C)(C)Sc1ccc(Sc2ccc([N+](=O)[O-])cc2[N+](=O)[O-])s1. The van der Waals surface area contributed by atoms with E-state index in [-0.39, 0.29) is 16.1 Å². The number of thioether (sulfide) groups is 1. The van der Waals surface area contributed by atoms with Crippen LogP contribution in [-0.2, 0) is 0 Å². The van der Waals surface area contributed by atoms with Gasteiger partial charge >= 0.3 is 0 Å². The third-order valence-corrected chi connectivity index (χ3v) is 6.05. The first-order chi connectivity index (χ1) is 10.7. The van der Waals surface area contributed by atoms with Gasteiger partial charge in [-0.25, -0.2) is 0 Å². The van der Waals surface area contributed by atoms with Crippen molar-refractivity contribution in [2.24, 2.45) is 0 Å². The molecule has 0 aliphatic rings. The minimum absolute atomic E-state index is 0.0894. The van der Waals surface area contributed by atoms with Gasteiger partial charge < -0.3 is 0 Å². The van der Waals surface area contributed by atoms with E-state index < -0.39 is 9.85 Å². The molecular formula is C14H14N2O4S3. The molecule has 2 rings (SSSR count). The van der Waals surface area contributed by atoms with Gasteiger partial charge in [-0.2, -0.15) is 0 Å². The van der Waals surface area contributed by atoms with Crippen LogP contribution in [0, 0.1) is 20.2 Å². The predicted octanol–water partition coefficient (Wildman–Crippen LogP) is 5.61. The summed E-state index contributed by atoms with van der Waals surface area (Å²) in [6, 6.07) is 7.61. The number of nitro benzene ring substituents is 2. The molecule has 1 aromatic heterocycles. The van der Waals surface area contributed by atoms with Crippen LogP contribution in [0.25, 0.3) is 0 Å². The van der Waals surface area contributed by atoms with Crippen molar-refractivity contribution in [1.29, 1.82) is 0 Å². The molecule has 0 spiro atoms. The summed E-state index contributed by atoms with van der Waals surface area (Å²) in [4.78, 5) is 21.1. The molecule has 0 radical (unpaired) electrons. The lowest BCUT2D eigenvalue weighted by molar-refractivity contribution is -0.396. The van der Waals surface area contributed by atoms with Crippen molar-refractivity contribution in [1.82, 2.24) is 0 Å². The van der Waals surface area contributed by atoms with Crippen molar-refractivity contribution < 1.29 is 9.85 Å². The maximum Gasteiger partial charge on any atom is 0.290 e. The van der Waals surface area contributed by atoms with E-state index in [2.05, 4.69) is 20.8 Å². The van der Waals surface area contributed by atoms with Crippen molar-refractivity contribution in [3.8, 4) is 0 Å². The number of nitro groups is 2. The zero-order valence-corrected chi connectivity index (χ0v) is 15.1. The standard InChI is InChI=1S/C14H14N2O4S3/c1-14(2,3)23-13-7-6-12(22-13)21-11-5-4-9(15(17)18)8-10(11)16(19)20/h4-8H,1-3H3. The molecule has 9 heteroatoms. The van der Waals surface area contributed by atoms with E-state index in [1.807, 2.05) is 12.1 Å². The fraction of sp³-hybridized carbons (Fsp3) is 0.286. The molecule has 2 aromatic rings. The fourth-order valence-corrected chi connectivity index (χ4v) is 5.66. The Morgan fingerprint density at radius 3 is 2.22 bits per heavy atom. The first-order valence-corrected chi connectivity index (χ1v) is 9.00. The molecule has 0 fully saturated rings. The van der Waals surface area contributed by atoms with Gasteiger partial charge in [-0.05, 0) is 18.2 Å². The summed E-state index contributed by atoms with van der Waals surface area (Å²) in [6.45, 7) is 6.35. The number of benzene rings is 1. The highest BCUT2D eigenvalue weighted by molar-refractivity contribution is 8.04. The Hall–Kier alpha value is -1.58. The molecule has 0 aliphatic carbocycles. The molecule has 6 nitrogen and oxygen atoms in total. The normalized spacial score (nSPS) is 11.4. The molecule has 23 heavy (non-hydrogen) atoms. The van der Waals surface area contributed by atoms with Crippen LogP contribution < -0.4 is 0 Å². The van der Waals surface area contributed by atoms with E-state index in [1.165, 1.54) is 23.9 Å². The number of hydrogen-bond acceptors (Lipinski definition) is 7. The first kappa shape index (κ1) is 17.8. The average molecular weight is 370 g/mol. The maximum atomic E-state index is 11.1. The molecule has 0 bridgehead atoms. The first-order valence-electron chi connectivity index (χ1n) is 6.55. The van der Waals surface area contributed by atoms with E-state index in [9.17, 15) is 20.2 Å². The predicted molar refractivity (Wildman–Crippen MR) is 93.8 cm³/mol. The molecule has 0 N–H and O–H groups in total. The van der Waals surface area contributed by atoms with Crippen molar-refractivity contribution in [2.75, 3.05) is 0 Å². The molecule has 0 aliphatic heterocycles. The zero-order valence-electron chi connectivity index (χ0n) is 12.6. The number of hydrogen-bond donors (Lipinski definition) is 0. The van der Waals surface area contributed by atoms with E-state index >= 15 is 0 Å². The molecule has 1 heterocycles. The Balaban J connectivity index is 2.26. The molecule has 0 atom stereocenters. The third kappa shape index (κ3) is 4.95. The van der Waals surface area contributed by atoms with Gasteiger partial charge in [0.2, 0.25) is 0 Å². The largest absolute Gasteiger partial charge is 0.290 e. The average Bonchev–Trinajstić information content (AvgIpc) is 2.83. The highest BCUT2D eigenvalue weighted by Gasteiger charge is 2.21. The Kier molecular flexibility index (Phi) is 5.33. The van der Waals surface area contributed by atoms with Gasteiger partial charge in [-0.3, -0.25) is 20.2 Å². The van der Waals surface area contributed by atoms with Gasteiger partial charge in [0.1, 0.15) is 0 Å². The molecule has 0 saturated heterocycles. The molecule has 122 valence electrons. The van der Waals surface area contributed by atoms with Crippen molar-refractivity contribution >= 4 is 46.2 Å². The van der Waals surface area contributed by atoms with Crippen molar-refractivity contribution in [3.63, 3.8) is 0 Å². The fourth-order valence-electron chi connectivity index (χ4n) is 1.67. The summed E-state index contributed by atoms with van der Waals surface area (Å²) in [5.74, 6) is 0. The second kappa shape index (κ2) is 6.90. The topological polar surface area (TPSA) is 86.3 Å². The van der Waals surface area contributed by atoms with Crippen LogP contribution in [0.3, 0.4) is 0 Å². The number of nitrogens with zero attached hydrogens (tertiary/aromatic N) is 2. The quantitative estimate of drug-likeness (QED) is 0.386. The minimum Gasteiger partial charge on any atom is -0.258 e. The van der Waals surface area contributed by atoms with E-state index in [1.54, 1.807) is 23.1 Å². The summed E-state index contributed by atoms with van der Waals surface area (Å²) in [5.41, 5.74) is -0.529. The van der Waals surface area contributed by atoms with E-state index in [0.717, 1.165) is 14.5 Å². The van der Waals surface area contributed by atoms with Crippen LogP contribution in [0.2, 0.25) is 0 Å². The summed E-state index contributed by atoms with van der Waals surface area (Å²) in [7, 11) is 0. The van der Waals surface area contributed by atoms with Crippen LogP contribution in [-0.4, -0.2) is 14.6 Å². The molecule has 1 aromatic carbocycles. The van der Waals surface area contributed by atoms with Crippen LogP contribution in [0.5, 0.6) is 0 Å². The van der Waals surface area contributed by atoms with Crippen LogP contribution in [0.1, 0.15) is 20.8 Å². The lowest BCUT2D eigenvalue weighted by Gasteiger charge is -2.15. The summed E-state index contributed by atoms with van der Waals surface area (Å²) in [5, 5.41) is 21.9. The van der Waals surface area contributed by atoms with Gasteiger partial charge in [0.25, 0.3) is 11.4 Å². The maximum absolute atomic E-state index is 11.1. The monoisotopic (exact) mass is 370 g/mol. The van der Waals surface area contributed by atoms with E-state index in [4.69, 9.17) is 0 Å². The lowest BCUT2D eigenvalue weighted by atomic mass is 10.3. The number of non-ortho nitro benzene ring substituents is 1. The highest BCUT2D eigenvalue weighted by Crippen LogP contribution is 2.43. The Morgan fingerprint density at radius 1 is 1.00 bits per heavy atom. The summed E-state index contributed by atoms with van der Waals surface area (Å²) < 4.78 is 2.13. The van der Waals surface area contributed by atoms with E-state index in [0.29, 0.717) is 4.90 Å². The van der Waals surface area contributed by atoms with Gasteiger partial charge in [-0.15, -0.1) is 23.1 Å². The Labute approximate surface area is 145 Å². The summed E-state index contributed by atoms with van der Waals surface area (Å²) >= 11 is 4.54. The van der Waals surface area contributed by atoms with Gasteiger partial charge in [0, 0.05) is 10.8 Å². The molecule has 0 saturated carbocycles. The molecular weight excluding hydrogens is 356 g/mol. The van der Waals surface area contributed by atoms with Gasteiger partial charge in [-0.1, -0.05) is 32.5 Å². The Morgan fingerprint density at radius 2 is 1.65 bits per heavy atom. The number of thiophene rings is 1.